The van der Waals surface area contributed by atoms with Crippen LogP contribution in [0.2, 0.25) is 0 Å². The number of benzene rings is 5. The molecule has 0 heterocycles. The average molecular weight is 624 g/mol. The molecule has 0 radical (unpaired) electrons. The van der Waals surface area contributed by atoms with Gasteiger partial charge in [0.25, 0.3) is 20.1 Å². The molecule has 0 aliphatic carbocycles. The van der Waals surface area contributed by atoms with Gasteiger partial charge in [0, 0.05) is 28.6 Å². The van der Waals surface area contributed by atoms with Crippen molar-refractivity contribution in [3.05, 3.63) is 90.5 Å². The number of primary amides is 1. The van der Waals surface area contributed by atoms with Crippen LogP contribution in [-0.4, -0.2) is 48.7 Å². The number of nitrogens with one attached hydrogen (secondary N) is 1. The summed E-state index contributed by atoms with van der Waals surface area (Å²) in [4.78, 5) is 23.8. The van der Waals surface area contributed by atoms with Gasteiger partial charge in [-0.05, 0) is 83.6 Å². The van der Waals surface area contributed by atoms with Crippen molar-refractivity contribution in [2.45, 2.75) is 9.79 Å². The van der Waals surface area contributed by atoms with Crippen molar-refractivity contribution in [2.75, 3.05) is 9.62 Å². The van der Waals surface area contributed by atoms with Gasteiger partial charge < -0.3 is 21.1 Å². The molecule has 0 saturated heterocycles. The third-order valence-corrected chi connectivity index (χ3v) is 8.70. The second-order valence-corrected chi connectivity index (χ2v) is 12.4. The zero-order valence-electron chi connectivity index (χ0n) is 21.7. The third-order valence-electron chi connectivity index (χ3n) is 6.50. The van der Waals surface area contributed by atoms with Crippen molar-refractivity contribution in [3.8, 4) is 11.5 Å². The van der Waals surface area contributed by atoms with E-state index >= 15 is 0 Å². The first kappa shape index (κ1) is 29.1. The predicted molar refractivity (Wildman–Crippen MR) is 157 cm³/mol. The number of urea groups is 1. The number of aromatic hydroxyl groups is 2. The molecule has 0 atom stereocenters. The number of phenols is 2. The average Bonchev–Trinajstić information content (AvgIpc) is 2.92. The zero-order chi connectivity index (χ0) is 31.3. The van der Waals surface area contributed by atoms with E-state index < -0.39 is 42.8 Å². The minimum absolute atomic E-state index is 0.0417. The number of aromatic carboxylic acids is 1. The monoisotopic (exact) mass is 623 g/mol. The van der Waals surface area contributed by atoms with Crippen LogP contribution in [0.15, 0.2) is 94.7 Å². The van der Waals surface area contributed by atoms with Crippen LogP contribution in [0.1, 0.15) is 10.4 Å². The number of sulfonamides is 1. The Hall–Kier alpha value is -5.38. The fraction of sp³-hybridized carbons (Fsp3) is 0. The van der Waals surface area contributed by atoms with Gasteiger partial charge in [0.2, 0.25) is 0 Å². The van der Waals surface area contributed by atoms with Crippen LogP contribution >= 0.6 is 0 Å². The number of carboxylic acids is 1. The Labute approximate surface area is 243 Å². The maximum absolute atomic E-state index is 13.1. The predicted octanol–water partition coefficient (Wildman–Crippen LogP) is 4.37. The van der Waals surface area contributed by atoms with Gasteiger partial charge in [0.05, 0.1) is 26.7 Å². The second kappa shape index (κ2) is 10.5. The Kier molecular flexibility index (Phi) is 7.09. The lowest BCUT2D eigenvalue weighted by Crippen LogP contribution is -2.31. The van der Waals surface area contributed by atoms with E-state index in [-0.39, 0.29) is 54.8 Å². The van der Waals surface area contributed by atoms with Gasteiger partial charge in [-0.2, -0.15) is 8.42 Å². The number of rotatable bonds is 7. The fourth-order valence-corrected chi connectivity index (χ4v) is 6.15. The maximum Gasteiger partial charge on any atom is 0.335 e. The molecule has 43 heavy (non-hydrogen) atoms. The third kappa shape index (κ3) is 5.72. The molecule has 0 aromatic heterocycles. The minimum Gasteiger partial charge on any atom is -0.507 e. The van der Waals surface area contributed by atoms with Gasteiger partial charge in [0.15, 0.2) is 0 Å². The molecule has 0 saturated carbocycles. The number of nitrogens with zero attached hydrogens (tertiary/aromatic N) is 1. The molecule has 0 bridgehead atoms. The van der Waals surface area contributed by atoms with Crippen LogP contribution in [0.4, 0.5) is 21.9 Å². The molecular formula is C28H21N3O10S2. The van der Waals surface area contributed by atoms with E-state index in [0.29, 0.717) is 0 Å². The first-order chi connectivity index (χ1) is 20.1. The molecule has 0 spiro atoms. The van der Waals surface area contributed by atoms with Crippen LogP contribution in [0.25, 0.3) is 21.5 Å². The lowest BCUT2D eigenvalue weighted by Gasteiger charge is -2.22. The first-order valence-corrected chi connectivity index (χ1v) is 15.0. The molecule has 0 unspecified atom stereocenters. The number of hydrogen-bond acceptors (Lipinski definition) is 8. The summed E-state index contributed by atoms with van der Waals surface area (Å²) < 4.78 is 61.2. The van der Waals surface area contributed by atoms with Gasteiger partial charge in [-0.1, -0.05) is 0 Å². The van der Waals surface area contributed by atoms with Crippen LogP contribution in [0.3, 0.4) is 0 Å². The standard InChI is InChI=1S/C28H21N3O10S2/c29-28(36)31(20-6-8-24-17(10-20)12-22(14-26(24)33)43(39,40)41)19-5-7-23-16(9-19)11-21(13-25(23)32)42(37,38)30-18-3-1-15(2-4-18)27(34)35/h1-14,30,32-33H,(H2,29,36)(H,34,35)(H,39,40,41). The van der Waals surface area contributed by atoms with Crippen LogP contribution in [0, 0.1) is 0 Å². The van der Waals surface area contributed by atoms with Crippen molar-refractivity contribution >= 4 is 70.7 Å². The van der Waals surface area contributed by atoms with E-state index in [4.69, 9.17) is 10.8 Å². The zero-order valence-corrected chi connectivity index (χ0v) is 23.3. The quantitative estimate of drug-likeness (QED) is 0.140. The van der Waals surface area contributed by atoms with Crippen molar-refractivity contribution < 1.29 is 46.3 Å². The molecule has 5 aromatic rings. The van der Waals surface area contributed by atoms with Crippen molar-refractivity contribution in [2.24, 2.45) is 5.73 Å². The summed E-state index contributed by atoms with van der Waals surface area (Å²) in [5, 5.41) is 30.7. The molecule has 0 aliphatic heterocycles. The summed E-state index contributed by atoms with van der Waals surface area (Å²) in [6, 6.07) is 16.8. The molecule has 5 rings (SSSR count). The van der Waals surface area contributed by atoms with Crippen LogP contribution in [-0.2, 0) is 20.1 Å². The van der Waals surface area contributed by atoms with Crippen molar-refractivity contribution in [1.82, 2.24) is 0 Å². The number of phenolic OH excluding ortho intramolecular Hbond substituents is 2. The Morgan fingerprint density at radius 1 is 0.698 bits per heavy atom. The summed E-state index contributed by atoms with van der Waals surface area (Å²) >= 11 is 0. The van der Waals surface area contributed by atoms with E-state index in [0.717, 1.165) is 23.1 Å². The van der Waals surface area contributed by atoms with E-state index in [1.165, 1.54) is 66.7 Å². The summed E-state index contributed by atoms with van der Waals surface area (Å²) in [5.41, 5.74) is 6.01. The summed E-state index contributed by atoms with van der Waals surface area (Å²) in [6.45, 7) is 0. The van der Waals surface area contributed by atoms with Crippen molar-refractivity contribution in [3.63, 3.8) is 0 Å². The highest BCUT2D eigenvalue weighted by Crippen LogP contribution is 2.37. The number of carbonyl (C=O) groups is 2. The largest absolute Gasteiger partial charge is 0.507 e. The molecule has 0 fully saturated rings. The van der Waals surface area contributed by atoms with Crippen molar-refractivity contribution in [1.29, 1.82) is 0 Å². The second-order valence-electron chi connectivity index (χ2n) is 9.33. The Morgan fingerprint density at radius 3 is 1.65 bits per heavy atom. The summed E-state index contributed by atoms with van der Waals surface area (Å²) in [5.74, 6) is -1.99. The number of carboxylic acid groups (broad SMARTS) is 1. The number of nitrogens with two attached hydrogens (primary N) is 1. The molecule has 220 valence electrons. The van der Waals surface area contributed by atoms with Gasteiger partial charge in [-0.15, -0.1) is 0 Å². The molecule has 15 heteroatoms. The van der Waals surface area contributed by atoms with E-state index in [1.54, 1.807) is 0 Å². The lowest BCUT2D eigenvalue weighted by molar-refractivity contribution is 0.0696. The Morgan fingerprint density at radius 2 is 1.19 bits per heavy atom. The van der Waals surface area contributed by atoms with Gasteiger partial charge >= 0.3 is 12.0 Å². The Bertz CT molecular complexity index is 2180. The summed E-state index contributed by atoms with van der Waals surface area (Å²) in [7, 11) is -8.92. The number of amides is 2. The number of carbonyl (C=O) groups excluding carboxylic acids is 1. The van der Waals surface area contributed by atoms with E-state index in [9.17, 15) is 41.2 Å². The van der Waals surface area contributed by atoms with Gasteiger partial charge in [-0.3, -0.25) is 14.2 Å². The summed E-state index contributed by atoms with van der Waals surface area (Å²) in [6.07, 6.45) is 0. The van der Waals surface area contributed by atoms with E-state index in [1.807, 2.05) is 0 Å². The minimum atomic E-state index is -4.66. The topological polar surface area (TPSA) is 225 Å². The van der Waals surface area contributed by atoms with Crippen LogP contribution < -0.4 is 15.4 Å². The molecule has 7 N–H and O–H groups in total. The lowest BCUT2D eigenvalue weighted by atomic mass is 10.1. The first-order valence-electron chi connectivity index (χ1n) is 12.1. The normalized spacial score (nSPS) is 11.8. The number of hydrogen-bond donors (Lipinski definition) is 6. The molecular weight excluding hydrogens is 602 g/mol. The SMILES string of the molecule is NC(=O)N(c1ccc2c(O)cc(S(=O)(=O)O)cc2c1)c1ccc2c(O)cc(S(=O)(=O)Nc3ccc(C(=O)O)cc3)cc2c1. The molecule has 2 amide bonds. The smallest absolute Gasteiger partial charge is 0.335 e. The number of fused-ring (bicyclic) bond motifs is 2. The Balaban J connectivity index is 1.57. The highest BCUT2D eigenvalue weighted by atomic mass is 32.2. The fourth-order valence-electron chi connectivity index (χ4n) is 4.50. The highest BCUT2D eigenvalue weighted by molar-refractivity contribution is 7.92. The maximum atomic E-state index is 13.1. The highest BCUT2D eigenvalue weighted by Gasteiger charge is 2.21. The van der Waals surface area contributed by atoms with Gasteiger partial charge in [-0.25, -0.2) is 18.0 Å². The molecule has 0 aliphatic rings. The van der Waals surface area contributed by atoms with Crippen LogP contribution in [0.5, 0.6) is 11.5 Å². The van der Waals surface area contributed by atoms with E-state index in [2.05, 4.69) is 4.72 Å². The molecule has 13 nitrogen and oxygen atoms in total. The van der Waals surface area contributed by atoms with Gasteiger partial charge in [0.1, 0.15) is 11.5 Å². The molecule has 5 aromatic carbocycles. The number of anilines is 3.